The monoisotopic (exact) mass is 357 g/mol. The van der Waals surface area contributed by atoms with Crippen LogP contribution in [0, 0.1) is 3.70 Å². The van der Waals surface area contributed by atoms with Crippen LogP contribution in [0.15, 0.2) is 6.07 Å². The van der Waals surface area contributed by atoms with Gasteiger partial charge in [-0.05, 0) is 35.6 Å². The predicted octanol–water partition coefficient (Wildman–Crippen LogP) is 2.44. The van der Waals surface area contributed by atoms with Gasteiger partial charge >= 0.3 is 5.97 Å². The van der Waals surface area contributed by atoms with E-state index in [1.54, 1.807) is 29.5 Å². The summed E-state index contributed by atoms with van der Waals surface area (Å²) in [5.41, 5.74) is -0.616. The standard InChI is InChI=1S/C10H10F2INO3/c1-2-17-8(15)4-6-9(16)5(10(11)12)3-7(13)14-6/h3,10,16H,2,4H2,1H3. The zero-order chi connectivity index (χ0) is 13.0. The van der Waals surface area contributed by atoms with Gasteiger partial charge < -0.3 is 9.84 Å². The molecule has 4 nitrogen and oxygen atoms in total. The van der Waals surface area contributed by atoms with Gasteiger partial charge in [0.15, 0.2) is 0 Å². The lowest BCUT2D eigenvalue weighted by molar-refractivity contribution is -0.142. The van der Waals surface area contributed by atoms with E-state index in [4.69, 9.17) is 0 Å². The van der Waals surface area contributed by atoms with Crippen LogP contribution in [-0.2, 0) is 16.0 Å². The van der Waals surface area contributed by atoms with E-state index in [1.807, 2.05) is 0 Å². The Morgan fingerprint density at radius 2 is 2.29 bits per heavy atom. The van der Waals surface area contributed by atoms with E-state index in [1.165, 1.54) is 0 Å². The number of ether oxygens (including phenoxy) is 1. The van der Waals surface area contributed by atoms with Crippen molar-refractivity contribution >= 4 is 28.6 Å². The Bertz CT molecular complexity index is 426. The zero-order valence-corrected chi connectivity index (χ0v) is 11.1. The number of alkyl halides is 2. The first-order valence-electron chi connectivity index (χ1n) is 4.77. The molecule has 0 aliphatic heterocycles. The molecule has 0 aliphatic rings. The first-order valence-corrected chi connectivity index (χ1v) is 5.85. The minimum Gasteiger partial charge on any atom is -0.506 e. The molecule has 94 valence electrons. The summed E-state index contributed by atoms with van der Waals surface area (Å²) < 4.78 is 30.1. The lowest BCUT2D eigenvalue weighted by Crippen LogP contribution is -2.10. The fourth-order valence-corrected chi connectivity index (χ4v) is 1.84. The second-order valence-electron chi connectivity index (χ2n) is 3.11. The summed E-state index contributed by atoms with van der Waals surface area (Å²) in [7, 11) is 0. The lowest BCUT2D eigenvalue weighted by atomic mass is 10.1. The molecule has 0 saturated heterocycles. The third-order valence-electron chi connectivity index (χ3n) is 1.92. The molecule has 0 amide bonds. The van der Waals surface area contributed by atoms with Gasteiger partial charge in [0, 0.05) is 0 Å². The van der Waals surface area contributed by atoms with E-state index in [-0.39, 0.29) is 22.4 Å². The predicted molar refractivity (Wildman–Crippen MR) is 63.9 cm³/mol. The Morgan fingerprint density at radius 1 is 1.65 bits per heavy atom. The fraction of sp³-hybridized carbons (Fsp3) is 0.400. The molecular weight excluding hydrogens is 347 g/mol. The number of pyridine rings is 1. The molecule has 0 aromatic carbocycles. The van der Waals surface area contributed by atoms with Crippen molar-refractivity contribution in [3.63, 3.8) is 0 Å². The molecule has 0 unspecified atom stereocenters. The molecule has 0 spiro atoms. The van der Waals surface area contributed by atoms with Crippen molar-refractivity contribution in [3.8, 4) is 5.75 Å². The molecule has 1 aromatic rings. The maximum absolute atomic E-state index is 12.6. The molecule has 0 fully saturated rings. The molecule has 0 bridgehead atoms. The van der Waals surface area contributed by atoms with Gasteiger partial charge in [-0.1, -0.05) is 0 Å². The molecule has 1 heterocycles. The Labute approximate surface area is 110 Å². The van der Waals surface area contributed by atoms with Crippen LogP contribution < -0.4 is 0 Å². The van der Waals surface area contributed by atoms with Crippen LogP contribution in [0.5, 0.6) is 5.75 Å². The maximum atomic E-state index is 12.6. The number of halogens is 3. The molecule has 17 heavy (non-hydrogen) atoms. The molecule has 0 saturated carbocycles. The van der Waals surface area contributed by atoms with Gasteiger partial charge in [0.1, 0.15) is 9.45 Å². The van der Waals surface area contributed by atoms with Crippen molar-refractivity contribution in [2.45, 2.75) is 19.8 Å². The van der Waals surface area contributed by atoms with Crippen molar-refractivity contribution in [3.05, 3.63) is 21.0 Å². The highest BCUT2D eigenvalue weighted by molar-refractivity contribution is 14.1. The summed E-state index contributed by atoms with van der Waals surface area (Å²) in [4.78, 5) is 15.0. The highest BCUT2D eigenvalue weighted by Gasteiger charge is 2.20. The second-order valence-corrected chi connectivity index (χ2v) is 4.22. The largest absolute Gasteiger partial charge is 0.506 e. The summed E-state index contributed by atoms with van der Waals surface area (Å²) in [6.07, 6.45) is -3.14. The quantitative estimate of drug-likeness (QED) is 0.511. The topological polar surface area (TPSA) is 59.4 Å². The van der Waals surface area contributed by atoms with Crippen LogP contribution >= 0.6 is 22.6 Å². The van der Waals surface area contributed by atoms with E-state index in [0.717, 1.165) is 6.07 Å². The number of carbonyl (C=O) groups is 1. The van der Waals surface area contributed by atoms with Crippen LogP contribution in [0.3, 0.4) is 0 Å². The van der Waals surface area contributed by atoms with Gasteiger partial charge in [0.2, 0.25) is 0 Å². The number of carbonyl (C=O) groups excluding carboxylic acids is 1. The molecule has 1 N–H and O–H groups in total. The van der Waals surface area contributed by atoms with Crippen molar-refractivity contribution in [1.29, 1.82) is 0 Å². The van der Waals surface area contributed by atoms with E-state index < -0.39 is 23.7 Å². The van der Waals surface area contributed by atoms with Gasteiger partial charge in [-0.25, -0.2) is 13.8 Å². The van der Waals surface area contributed by atoms with Crippen molar-refractivity contribution < 1.29 is 23.4 Å². The van der Waals surface area contributed by atoms with Crippen LogP contribution in [0.4, 0.5) is 8.78 Å². The van der Waals surface area contributed by atoms with Crippen LogP contribution in [0.1, 0.15) is 24.6 Å². The van der Waals surface area contributed by atoms with Gasteiger partial charge in [-0.3, -0.25) is 4.79 Å². The number of hydrogen-bond donors (Lipinski definition) is 1. The first-order chi connectivity index (χ1) is 7.95. The average Bonchev–Trinajstić information content (AvgIpc) is 2.22. The molecular formula is C10H10F2INO3. The third kappa shape index (κ3) is 3.76. The van der Waals surface area contributed by atoms with E-state index >= 15 is 0 Å². The number of rotatable bonds is 4. The summed E-state index contributed by atoms with van der Waals surface area (Å²) in [6, 6.07) is 1.08. The Balaban J connectivity index is 3.03. The summed E-state index contributed by atoms with van der Waals surface area (Å²) >= 11 is 1.74. The molecule has 1 aromatic heterocycles. The highest BCUT2D eigenvalue weighted by Crippen LogP contribution is 2.31. The van der Waals surface area contributed by atoms with Gasteiger partial charge in [-0.15, -0.1) is 0 Å². The molecule has 0 radical (unpaired) electrons. The van der Waals surface area contributed by atoms with Crippen molar-refractivity contribution in [2.75, 3.05) is 6.61 Å². The highest BCUT2D eigenvalue weighted by atomic mass is 127. The third-order valence-corrected chi connectivity index (χ3v) is 2.47. The Hall–Kier alpha value is -0.990. The zero-order valence-electron chi connectivity index (χ0n) is 8.91. The van der Waals surface area contributed by atoms with Crippen molar-refractivity contribution in [1.82, 2.24) is 4.98 Å². The molecule has 0 aliphatic carbocycles. The minimum absolute atomic E-state index is 0.0920. The number of aromatic nitrogens is 1. The summed E-state index contributed by atoms with van der Waals surface area (Å²) in [5.74, 6) is -1.26. The van der Waals surface area contributed by atoms with E-state index in [9.17, 15) is 18.7 Å². The maximum Gasteiger partial charge on any atom is 0.312 e. The lowest BCUT2D eigenvalue weighted by Gasteiger charge is -2.09. The van der Waals surface area contributed by atoms with Gasteiger partial charge in [0.05, 0.1) is 24.3 Å². The Kier molecular flexibility index (Phi) is 5.03. The number of aromatic hydroxyl groups is 1. The fourth-order valence-electron chi connectivity index (χ4n) is 1.22. The Morgan fingerprint density at radius 3 is 2.82 bits per heavy atom. The molecule has 1 rings (SSSR count). The van der Waals surface area contributed by atoms with Crippen LogP contribution in [0.25, 0.3) is 0 Å². The SMILES string of the molecule is CCOC(=O)Cc1nc(I)cc(C(F)F)c1O. The first kappa shape index (κ1) is 14.1. The minimum atomic E-state index is -2.81. The number of esters is 1. The molecule has 7 heteroatoms. The second kappa shape index (κ2) is 6.08. The smallest absolute Gasteiger partial charge is 0.312 e. The van der Waals surface area contributed by atoms with E-state index in [2.05, 4.69) is 9.72 Å². The van der Waals surface area contributed by atoms with Crippen molar-refractivity contribution in [2.24, 2.45) is 0 Å². The van der Waals surface area contributed by atoms with E-state index in [0.29, 0.717) is 0 Å². The average molecular weight is 357 g/mol. The summed E-state index contributed by atoms with van der Waals surface area (Å²) in [6.45, 7) is 1.82. The number of nitrogens with zero attached hydrogens (tertiary/aromatic N) is 1. The number of hydrogen-bond acceptors (Lipinski definition) is 4. The van der Waals surface area contributed by atoms with Gasteiger partial charge in [0.25, 0.3) is 6.43 Å². The summed E-state index contributed by atoms with van der Waals surface area (Å²) in [5, 5.41) is 9.55. The van der Waals surface area contributed by atoms with Gasteiger partial charge in [-0.2, -0.15) is 0 Å². The van der Waals surface area contributed by atoms with Crippen LogP contribution in [-0.4, -0.2) is 22.7 Å². The van der Waals surface area contributed by atoms with Crippen LogP contribution in [0.2, 0.25) is 0 Å². The normalized spacial score (nSPS) is 10.6. The molecule has 0 atom stereocenters.